The smallest absolute Gasteiger partial charge is 0.00806 e. The molecule has 25 heavy (non-hydrogen) atoms. The van der Waals surface area contributed by atoms with Crippen molar-refractivity contribution in [2.24, 2.45) is 0 Å². The van der Waals surface area contributed by atoms with Gasteiger partial charge in [-0.25, -0.2) is 0 Å². The SMILES string of the molecule is C[CH-]C.C[CH-]C.[Hf].[c-]1cccc2c1C(C1=CC=CC1)c1ccccc1-2. The molecule has 4 rings (SSSR count). The van der Waals surface area contributed by atoms with Crippen LogP contribution in [0, 0.1) is 18.9 Å². The second-order valence-electron chi connectivity index (χ2n) is 6.05. The summed E-state index contributed by atoms with van der Waals surface area (Å²) < 4.78 is 0. The summed E-state index contributed by atoms with van der Waals surface area (Å²) in [6.07, 6.45) is 11.7. The molecule has 0 amide bonds. The minimum Gasteiger partial charge on any atom is -0.335 e. The van der Waals surface area contributed by atoms with E-state index in [0.717, 1.165) is 6.42 Å². The van der Waals surface area contributed by atoms with Crippen LogP contribution in [0.4, 0.5) is 0 Å². The van der Waals surface area contributed by atoms with Gasteiger partial charge >= 0.3 is 0 Å². The van der Waals surface area contributed by atoms with Gasteiger partial charge in [0, 0.05) is 31.8 Å². The van der Waals surface area contributed by atoms with E-state index in [1.807, 2.05) is 46.6 Å². The summed E-state index contributed by atoms with van der Waals surface area (Å²) in [5.74, 6) is 0.410. The van der Waals surface area contributed by atoms with Gasteiger partial charge in [0.1, 0.15) is 0 Å². The van der Waals surface area contributed by atoms with Crippen molar-refractivity contribution in [1.82, 2.24) is 0 Å². The van der Waals surface area contributed by atoms with E-state index in [9.17, 15) is 0 Å². The fraction of sp³-hybridized carbons (Fsp3) is 0.250. The Labute approximate surface area is 172 Å². The van der Waals surface area contributed by atoms with Crippen molar-refractivity contribution in [3.05, 3.63) is 96.3 Å². The first-order valence-electron chi connectivity index (χ1n) is 8.71. The second-order valence-corrected chi connectivity index (χ2v) is 6.05. The molecule has 0 spiro atoms. The summed E-state index contributed by atoms with van der Waals surface area (Å²) in [4.78, 5) is 0. The third-order valence-corrected chi connectivity index (χ3v) is 3.91. The maximum Gasteiger partial charge on any atom is 0.00806 e. The molecule has 0 nitrogen and oxygen atoms in total. The van der Waals surface area contributed by atoms with Crippen molar-refractivity contribution in [2.75, 3.05) is 0 Å². The molecule has 1 unspecified atom stereocenters. The summed E-state index contributed by atoms with van der Waals surface area (Å²) in [5.41, 5.74) is 7.00. The van der Waals surface area contributed by atoms with E-state index >= 15 is 0 Å². The molecule has 0 fully saturated rings. The molecular weight excluding hydrogens is 467 g/mol. The van der Waals surface area contributed by atoms with Crippen LogP contribution in [0.5, 0.6) is 0 Å². The van der Waals surface area contributed by atoms with Crippen LogP contribution in [-0.4, -0.2) is 0 Å². The van der Waals surface area contributed by atoms with Crippen molar-refractivity contribution in [3.8, 4) is 11.1 Å². The van der Waals surface area contributed by atoms with Gasteiger partial charge in [0.25, 0.3) is 0 Å². The molecule has 0 saturated carbocycles. The molecule has 1 heteroatoms. The topological polar surface area (TPSA) is 0 Å². The fourth-order valence-corrected chi connectivity index (χ4v) is 3.14. The van der Waals surface area contributed by atoms with Crippen LogP contribution in [0.15, 0.2) is 66.3 Å². The molecule has 2 aromatic rings. The van der Waals surface area contributed by atoms with Crippen LogP contribution in [0.2, 0.25) is 0 Å². The van der Waals surface area contributed by atoms with Gasteiger partial charge in [-0.2, -0.15) is 52.0 Å². The first-order valence-corrected chi connectivity index (χ1v) is 8.71. The maximum absolute atomic E-state index is 3.45. The average Bonchev–Trinajstić information content (AvgIpc) is 3.21. The van der Waals surface area contributed by atoms with E-state index in [0.29, 0.717) is 5.92 Å². The van der Waals surface area contributed by atoms with Gasteiger partial charge in [0.05, 0.1) is 0 Å². The fourth-order valence-electron chi connectivity index (χ4n) is 3.14. The van der Waals surface area contributed by atoms with Crippen LogP contribution >= 0.6 is 0 Å². The maximum atomic E-state index is 3.45. The Hall–Kier alpha value is -1.21. The van der Waals surface area contributed by atoms with Gasteiger partial charge < -0.3 is 12.8 Å². The zero-order valence-corrected chi connectivity index (χ0v) is 19.3. The number of hydrogen-bond donors (Lipinski definition) is 0. The quantitative estimate of drug-likeness (QED) is 0.298. The molecule has 2 aliphatic carbocycles. The molecule has 0 aliphatic heterocycles. The normalized spacial score (nSPS) is 15.5. The van der Waals surface area contributed by atoms with Gasteiger partial charge in [0.2, 0.25) is 0 Å². The number of hydrogen-bond acceptors (Lipinski definition) is 0. The molecule has 2 aromatic carbocycles. The van der Waals surface area contributed by atoms with Crippen LogP contribution in [-0.2, 0) is 25.8 Å². The monoisotopic (exact) mass is 495 g/mol. The van der Waals surface area contributed by atoms with E-state index < -0.39 is 0 Å². The van der Waals surface area contributed by atoms with Crippen molar-refractivity contribution < 1.29 is 25.8 Å². The van der Waals surface area contributed by atoms with E-state index in [-0.39, 0.29) is 25.8 Å². The summed E-state index contributed by atoms with van der Waals surface area (Å²) in [5, 5.41) is 0. The summed E-state index contributed by atoms with van der Waals surface area (Å²) >= 11 is 0. The molecule has 0 radical (unpaired) electrons. The van der Waals surface area contributed by atoms with Gasteiger partial charge in [-0.05, 0) is 12.0 Å². The van der Waals surface area contributed by atoms with Crippen LogP contribution in [0.25, 0.3) is 11.1 Å². The Bertz CT molecular complexity index is 662. The molecule has 0 heterocycles. The third kappa shape index (κ3) is 5.14. The first-order chi connectivity index (χ1) is 11.8. The zero-order chi connectivity index (χ0) is 17.4. The summed E-state index contributed by atoms with van der Waals surface area (Å²) in [6.45, 7) is 8.00. The predicted molar refractivity (Wildman–Crippen MR) is 106 cm³/mol. The molecule has 2 aliphatic rings. The molecule has 0 bridgehead atoms. The average molecular weight is 494 g/mol. The molecule has 0 aromatic heterocycles. The Kier molecular flexibility index (Phi) is 9.97. The van der Waals surface area contributed by atoms with Crippen molar-refractivity contribution in [1.29, 1.82) is 0 Å². The largest absolute Gasteiger partial charge is 0.335 e. The van der Waals surface area contributed by atoms with E-state index in [2.05, 4.69) is 60.7 Å². The minimum atomic E-state index is 0. The van der Waals surface area contributed by atoms with Crippen molar-refractivity contribution >= 4 is 0 Å². The van der Waals surface area contributed by atoms with E-state index in [1.165, 1.54) is 27.8 Å². The number of allylic oxidation sites excluding steroid dienone is 4. The van der Waals surface area contributed by atoms with E-state index in [1.54, 1.807) is 0 Å². The van der Waals surface area contributed by atoms with Crippen LogP contribution < -0.4 is 0 Å². The number of fused-ring (bicyclic) bond motifs is 3. The molecule has 1 atom stereocenters. The van der Waals surface area contributed by atoms with Crippen molar-refractivity contribution in [2.45, 2.75) is 40.0 Å². The summed E-state index contributed by atoms with van der Waals surface area (Å²) in [7, 11) is 0. The molecule has 0 N–H and O–H groups in total. The Balaban J connectivity index is 0.000000398. The second kappa shape index (κ2) is 11.4. The van der Waals surface area contributed by atoms with Crippen molar-refractivity contribution in [3.63, 3.8) is 0 Å². The number of rotatable bonds is 1. The Morgan fingerprint density at radius 1 is 0.920 bits per heavy atom. The Morgan fingerprint density at radius 3 is 2.20 bits per heavy atom. The number of benzene rings is 2. The van der Waals surface area contributed by atoms with Gasteiger partial charge in [-0.15, -0.1) is 11.1 Å². The standard InChI is InChI=1S/C18H13.2C3H7.Hf/c1-2-8-13(7-1)18-16-11-5-3-9-14(16)15-10-4-6-12-17(15)18;2*1-3-2;/h1-7,9-11,18H,8H2;2*3H,1-2H3;/q3*-1;. The first kappa shape index (κ1) is 21.8. The molecular formula is C24H27Hf-3. The molecule has 130 valence electrons. The Morgan fingerprint density at radius 2 is 1.56 bits per heavy atom. The summed E-state index contributed by atoms with van der Waals surface area (Å²) in [6, 6.07) is 18.5. The van der Waals surface area contributed by atoms with Crippen LogP contribution in [0.1, 0.15) is 51.2 Å². The zero-order valence-electron chi connectivity index (χ0n) is 15.7. The molecule has 0 saturated heterocycles. The van der Waals surface area contributed by atoms with Gasteiger partial charge in [0.15, 0.2) is 0 Å². The minimum absolute atomic E-state index is 0. The van der Waals surface area contributed by atoms with E-state index in [4.69, 9.17) is 0 Å². The predicted octanol–water partition coefficient (Wildman–Crippen LogP) is 6.94. The van der Waals surface area contributed by atoms with Crippen LogP contribution in [0.3, 0.4) is 0 Å². The third-order valence-electron chi connectivity index (χ3n) is 3.91. The van der Waals surface area contributed by atoms with Gasteiger partial charge in [-0.3, -0.25) is 0 Å². The van der Waals surface area contributed by atoms with Gasteiger partial charge in [-0.1, -0.05) is 53.6 Å².